The van der Waals surface area contributed by atoms with Gasteiger partial charge >= 0.3 is 0 Å². The molecule has 2 bridgehead atoms. The van der Waals surface area contributed by atoms with Crippen LogP contribution in [0.2, 0.25) is 0 Å². The molecule has 0 radical (unpaired) electrons. The van der Waals surface area contributed by atoms with Crippen molar-refractivity contribution in [2.45, 2.75) is 44.2 Å². The Morgan fingerprint density at radius 2 is 2.12 bits per heavy atom. The molecule has 0 aromatic rings. The molecule has 2 aliphatic rings. The van der Waals surface area contributed by atoms with Crippen molar-refractivity contribution in [3.8, 4) is 0 Å². The van der Waals surface area contributed by atoms with Crippen LogP contribution in [0, 0.1) is 0 Å². The Labute approximate surface area is 103 Å². The lowest BCUT2D eigenvalue weighted by atomic mass is 10.1. The van der Waals surface area contributed by atoms with E-state index in [4.69, 9.17) is 10.9 Å². The first kappa shape index (κ1) is 12.6. The third-order valence-electron chi connectivity index (χ3n) is 4.27. The van der Waals surface area contributed by atoms with Crippen LogP contribution in [0.5, 0.6) is 0 Å². The van der Waals surface area contributed by atoms with Gasteiger partial charge in [-0.1, -0.05) is 5.16 Å². The number of nitrogens with two attached hydrogens (primary N) is 1. The van der Waals surface area contributed by atoms with Gasteiger partial charge in [0.25, 0.3) is 0 Å². The van der Waals surface area contributed by atoms with E-state index in [1.54, 1.807) is 0 Å². The molecule has 5 nitrogen and oxygen atoms in total. The highest BCUT2D eigenvalue weighted by Crippen LogP contribution is 2.28. The maximum absolute atomic E-state index is 8.48. The zero-order chi connectivity index (χ0) is 12.3. The maximum Gasteiger partial charge on any atom is 0.139 e. The normalized spacial score (nSPS) is 31.7. The number of oxime groups is 1. The van der Waals surface area contributed by atoms with Crippen molar-refractivity contribution >= 4 is 5.84 Å². The van der Waals surface area contributed by atoms with Crippen molar-refractivity contribution in [3.05, 3.63) is 0 Å². The van der Waals surface area contributed by atoms with Crippen LogP contribution in [0.1, 0.15) is 32.1 Å². The van der Waals surface area contributed by atoms with Gasteiger partial charge in [0.15, 0.2) is 0 Å². The fourth-order valence-corrected chi connectivity index (χ4v) is 3.12. The second-order valence-electron chi connectivity index (χ2n) is 5.33. The minimum Gasteiger partial charge on any atom is -0.409 e. The van der Waals surface area contributed by atoms with Gasteiger partial charge in [-0.2, -0.15) is 0 Å². The van der Waals surface area contributed by atoms with E-state index < -0.39 is 0 Å². The molecule has 0 aliphatic carbocycles. The van der Waals surface area contributed by atoms with Crippen LogP contribution in [-0.2, 0) is 0 Å². The third kappa shape index (κ3) is 3.10. The second-order valence-corrected chi connectivity index (χ2v) is 5.33. The van der Waals surface area contributed by atoms with Gasteiger partial charge < -0.3 is 15.8 Å². The van der Waals surface area contributed by atoms with Crippen LogP contribution < -0.4 is 5.73 Å². The predicted molar refractivity (Wildman–Crippen MR) is 68.3 cm³/mol. The van der Waals surface area contributed by atoms with Gasteiger partial charge in [0.2, 0.25) is 0 Å². The number of likely N-dealkylation sites (tertiary alicyclic amines) is 1. The van der Waals surface area contributed by atoms with E-state index in [-0.39, 0.29) is 0 Å². The Hall–Kier alpha value is -0.810. The van der Waals surface area contributed by atoms with Crippen LogP contribution >= 0.6 is 0 Å². The zero-order valence-electron chi connectivity index (χ0n) is 10.7. The van der Waals surface area contributed by atoms with Crippen molar-refractivity contribution in [1.29, 1.82) is 0 Å². The maximum atomic E-state index is 8.48. The summed E-state index contributed by atoms with van der Waals surface area (Å²) in [4.78, 5) is 5.09. The number of amidine groups is 1. The number of fused-ring (bicyclic) bond motifs is 2. The van der Waals surface area contributed by atoms with Gasteiger partial charge in [0, 0.05) is 25.0 Å². The summed E-state index contributed by atoms with van der Waals surface area (Å²) in [7, 11) is 2.27. The molecular formula is C12H24N4O. The molecular weight excluding hydrogens is 216 g/mol. The Balaban J connectivity index is 1.75. The van der Waals surface area contributed by atoms with Crippen molar-refractivity contribution in [2.75, 3.05) is 26.7 Å². The standard InChI is InChI=1S/C12H24N4O/c1-15-10-4-5-11(15)9-16(8-6-10)7-2-3-12(13)14-17/h10-11,17H,2-9H2,1H3,(H2,13,14). The molecule has 2 atom stereocenters. The molecule has 2 saturated heterocycles. The van der Waals surface area contributed by atoms with Gasteiger partial charge in [0.05, 0.1) is 0 Å². The first-order valence-corrected chi connectivity index (χ1v) is 6.61. The summed E-state index contributed by atoms with van der Waals surface area (Å²) in [6, 6.07) is 1.54. The summed E-state index contributed by atoms with van der Waals surface area (Å²) in [5, 5.41) is 11.5. The van der Waals surface area contributed by atoms with Gasteiger partial charge in [-0.05, 0) is 45.8 Å². The number of nitrogens with zero attached hydrogens (tertiary/aromatic N) is 3. The molecule has 5 heteroatoms. The third-order valence-corrected chi connectivity index (χ3v) is 4.27. The fraction of sp³-hybridized carbons (Fsp3) is 0.917. The van der Waals surface area contributed by atoms with Gasteiger partial charge in [0.1, 0.15) is 5.84 Å². The number of rotatable bonds is 4. The Morgan fingerprint density at radius 1 is 1.35 bits per heavy atom. The predicted octanol–water partition coefficient (Wildman–Crippen LogP) is 0.682. The van der Waals surface area contributed by atoms with E-state index in [0.717, 1.165) is 25.0 Å². The van der Waals surface area contributed by atoms with Crippen LogP contribution in [0.25, 0.3) is 0 Å². The monoisotopic (exact) mass is 240 g/mol. The molecule has 2 aliphatic heterocycles. The van der Waals surface area contributed by atoms with Gasteiger partial charge in [-0.15, -0.1) is 0 Å². The number of likely N-dealkylation sites (N-methyl/N-ethyl adjacent to an activating group) is 1. The highest BCUT2D eigenvalue weighted by molar-refractivity contribution is 5.79. The minimum absolute atomic E-state index is 0.346. The van der Waals surface area contributed by atoms with Crippen LogP contribution in [0.15, 0.2) is 5.16 Å². The zero-order valence-corrected chi connectivity index (χ0v) is 10.7. The molecule has 0 aromatic heterocycles. The summed E-state index contributed by atoms with van der Waals surface area (Å²) in [6.07, 6.45) is 5.68. The van der Waals surface area contributed by atoms with E-state index in [9.17, 15) is 0 Å². The second kappa shape index (κ2) is 5.69. The van der Waals surface area contributed by atoms with E-state index in [1.807, 2.05) is 0 Å². The highest BCUT2D eigenvalue weighted by atomic mass is 16.4. The molecule has 2 rings (SSSR count). The summed E-state index contributed by atoms with van der Waals surface area (Å²) in [6.45, 7) is 3.44. The average Bonchev–Trinajstić information content (AvgIpc) is 2.56. The lowest BCUT2D eigenvalue weighted by Crippen LogP contribution is -2.37. The number of hydrogen-bond donors (Lipinski definition) is 2. The van der Waals surface area contributed by atoms with E-state index in [2.05, 4.69) is 22.0 Å². The van der Waals surface area contributed by atoms with Crippen molar-refractivity contribution in [1.82, 2.24) is 9.80 Å². The Kier molecular flexibility index (Phi) is 4.23. The van der Waals surface area contributed by atoms with Gasteiger partial charge in [-0.25, -0.2) is 0 Å². The average molecular weight is 240 g/mol. The largest absolute Gasteiger partial charge is 0.409 e. The Morgan fingerprint density at radius 3 is 2.88 bits per heavy atom. The summed E-state index contributed by atoms with van der Waals surface area (Å²) >= 11 is 0. The molecule has 3 N–H and O–H groups in total. The minimum atomic E-state index is 0.346. The number of hydrogen-bond acceptors (Lipinski definition) is 4. The van der Waals surface area contributed by atoms with Crippen molar-refractivity contribution < 1.29 is 5.21 Å². The van der Waals surface area contributed by atoms with Crippen LogP contribution in [0.3, 0.4) is 0 Å². The van der Waals surface area contributed by atoms with E-state index in [1.165, 1.54) is 32.4 Å². The molecule has 2 unspecified atom stereocenters. The molecule has 0 saturated carbocycles. The van der Waals surface area contributed by atoms with E-state index >= 15 is 0 Å². The smallest absolute Gasteiger partial charge is 0.139 e. The molecule has 17 heavy (non-hydrogen) atoms. The van der Waals surface area contributed by atoms with Crippen molar-refractivity contribution in [2.24, 2.45) is 10.9 Å². The molecule has 2 fully saturated rings. The van der Waals surface area contributed by atoms with E-state index in [0.29, 0.717) is 12.3 Å². The fourth-order valence-electron chi connectivity index (χ4n) is 3.12. The van der Waals surface area contributed by atoms with Gasteiger partial charge in [-0.3, -0.25) is 4.90 Å². The summed E-state index contributed by atoms with van der Waals surface area (Å²) in [5.41, 5.74) is 5.48. The van der Waals surface area contributed by atoms with Crippen LogP contribution in [0.4, 0.5) is 0 Å². The SMILES string of the molecule is CN1C2CCC1CN(CCCC(N)=NO)CC2. The summed E-state index contributed by atoms with van der Waals surface area (Å²) < 4.78 is 0. The molecule has 0 aromatic carbocycles. The quantitative estimate of drug-likeness (QED) is 0.328. The topological polar surface area (TPSA) is 65.1 Å². The lowest BCUT2D eigenvalue weighted by Gasteiger charge is -2.25. The van der Waals surface area contributed by atoms with Crippen molar-refractivity contribution in [3.63, 3.8) is 0 Å². The lowest BCUT2D eigenvalue weighted by molar-refractivity contribution is 0.218. The first-order chi connectivity index (χ1) is 8.20. The van der Waals surface area contributed by atoms with Crippen LogP contribution in [-0.4, -0.2) is 59.6 Å². The molecule has 98 valence electrons. The highest BCUT2D eigenvalue weighted by Gasteiger charge is 2.34. The Bertz CT molecular complexity index is 282. The molecule has 2 heterocycles. The molecule has 0 amide bonds. The summed E-state index contributed by atoms with van der Waals surface area (Å²) in [5.74, 6) is 0.346. The molecule has 0 spiro atoms. The first-order valence-electron chi connectivity index (χ1n) is 6.61.